The van der Waals surface area contributed by atoms with Crippen LogP contribution in [0.15, 0.2) is 6.33 Å². The molecule has 15 heavy (non-hydrogen) atoms. The molecule has 0 aliphatic carbocycles. The van der Waals surface area contributed by atoms with Gasteiger partial charge in [-0.1, -0.05) is 13.8 Å². The summed E-state index contributed by atoms with van der Waals surface area (Å²) in [7, 11) is 1.79. The van der Waals surface area contributed by atoms with E-state index in [1.54, 1.807) is 7.05 Å². The first-order valence-corrected chi connectivity index (χ1v) is 5.17. The highest BCUT2D eigenvalue weighted by atomic mass is 15.1. The van der Waals surface area contributed by atoms with Crippen molar-refractivity contribution in [1.82, 2.24) is 9.97 Å². The molecule has 1 aromatic heterocycles. The van der Waals surface area contributed by atoms with E-state index in [1.165, 1.54) is 6.33 Å². The Morgan fingerprint density at radius 1 is 1.33 bits per heavy atom. The third kappa shape index (κ3) is 3.27. The highest BCUT2D eigenvalue weighted by molar-refractivity contribution is 5.73. The monoisotopic (exact) mass is 209 g/mol. The summed E-state index contributed by atoms with van der Waals surface area (Å²) in [5.41, 5.74) is 6.43. The Kier molecular flexibility index (Phi) is 4.15. The normalized spacial score (nSPS) is 10.4. The Labute approximate surface area is 90.5 Å². The largest absolute Gasteiger partial charge is 0.393 e. The van der Waals surface area contributed by atoms with Gasteiger partial charge in [-0.05, 0) is 12.3 Å². The standard InChI is InChI=1S/C10H19N5/c1-7(2)4-5-13-10-8(11)9(12-3)14-6-15-10/h6-7H,4-5,11H2,1-3H3,(H2,12,13,14,15). The van der Waals surface area contributed by atoms with E-state index in [-0.39, 0.29) is 0 Å². The summed E-state index contributed by atoms with van der Waals surface area (Å²) in [4.78, 5) is 8.11. The minimum atomic E-state index is 0.573. The van der Waals surface area contributed by atoms with Crippen molar-refractivity contribution in [2.24, 2.45) is 5.92 Å². The van der Waals surface area contributed by atoms with E-state index in [0.29, 0.717) is 23.2 Å². The molecule has 0 saturated heterocycles. The van der Waals surface area contributed by atoms with Crippen molar-refractivity contribution >= 4 is 17.3 Å². The minimum Gasteiger partial charge on any atom is -0.393 e. The van der Waals surface area contributed by atoms with Crippen molar-refractivity contribution in [3.63, 3.8) is 0 Å². The molecule has 0 atom stereocenters. The molecule has 0 amide bonds. The zero-order valence-corrected chi connectivity index (χ0v) is 9.54. The van der Waals surface area contributed by atoms with Crippen LogP contribution in [0.2, 0.25) is 0 Å². The maximum absolute atomic E-state index is 5.86. The maximum Gasteiger partial charge on any atom is 0.154 e. The van der Waals surface area contributed by atoms with Crippen molar-refractivity contribution in [3.05, 3.63) is 6.33 Å². The predicted octanol–water partition coefficient (Wildman–Crippen LogP) is 1.56. The van der Waals surface area contributed by atoms with Gasteiger partial charge in [0.25, 0.3) is 0 Å². The van der Waals surface area contributed by atoms with Crippen LogP contribution in [0, 0.1) is 5.92 Å². The van der Waals surface area contributed by atoms with Crippen LogP contribution in [-0.2, 0) is 0 Å². The Bertz CT molecular complexity index is 311. The molecular weight excluding hydrogens is 190 g/mol. The van der Waals surface area contributed by atoms with Gasteiger partial charge in [-0.3, -0.25) is 0 Å². The van der Waals surface area contributed by atoms with Gasteiger partial charge in [-0.2, -0.15) is 0 Å². The zero-order valence-electron chi connectivity index (χ0n) is 9.54. The minimum absolute atomic E-state index is 0.573. The van der Waals surface area contributed by atoms with Gasteiger partial charge in [-0.25, -0.2) is 9.97 Å². The second kappa shape index (κ2) is 5.38. The van der Waals surface area contributed by atoms with Crippen LogP contribution in [-0.4, -0.2) is 23.6 Å². The van der Waals surface area contributed by atoms with Gasteiger partial charge in [0, 0.05) is 13.6 Å². The Morgan fingerprint density at radius 3 is 2.60 bits per heavy atom. The zero-order chi connectivity index (χ0) is 11.3. The molecular formula is C10H19N5. The molecule has 5 heteroatoms. The van der Waals surface area contributed by atoms with E-state index in [9.17, 15) is 0 Å². The van der Waals surface area contributed by atoms with Gasteiger partial charge in [0.1, 0.15) is 12.0 Å². The van der Waals surface area contributed by atoms with E-state index in [0.717, 1.165) is 13.0 Å². The molecule has 1 rings (SSSR count). The third-order valence-electron chi connectivity index (χ3n) is 2.13. The van der Waals surface area contributed by atoms with Crippen LogP contribution in [0.1, 0.15) is 20.3 Å². The lowest BCUT2D eigenvalue weighted by Crippen LogP contribution is -2.10. The summed E-state index contributed by atoms with van der Waals surface area (Å²) in [6.45, 7) is 5.25. The van der Waals surface area contributed by atoms with Crippen LogP contribution in [0.25, 0.3) is 0 Å². The van der Waals surface area contributed by atoms with Crippen molar-refractivity contribution in [2.75, 3.05) is 30.0 Å². The fourth-order valence-corrected chi connectivity index (χ4v) is 1.21. The SMILES string of the molecule is CNc1ncnc(NCCC(C)C)c1N. The van der Waals surface area contributed by atoms with E-state index in [2.05, 4.69) is 34.4 Å². The van der Waals surface area contributed by atoms with Gasteiger partial charge in [0.05, 0.1) is 0 Å². The van der Waals surface area contributed by atoms with Crippen LogP contribution < -0.4 is 16.4 Å². The third-order valence-corrected chi connectivity index (χ3v) is 2.13. The van der Waals surface area contributed by atoms with Crippen LogP contribution >= 0.6 is 0 Å². The van der Waals surface area contributed by atoms with E-state index >= 15 is 0 Å². The number of nitrogen functional groups attached to an aromatic ring is 1. The maximum atomic E-state index is 5.86. The van der Waals surface area contributed by atoms with Crippen LogP contribution in [0.4, 0.5) is 17.3 Å². The second-order valence-corrected chi connectivity index (χ2v) is 3.84. The van der Waals surface area contributed by atoms with Gasteiger partial charge < -0.3 is 16.4 Å². The number of nitrogens with two attached hydrogens (primary N) is 1. The molecule has 0 saturated carbocycles. The fraction of sp³-hybridized carbons (Fsp3) is 0.600. The molecule has 0 unspecified atom stereocenters. The molecule has 0 aliphatic heterocycles. The van der Waals surface area contributed by atoms with E-state index in [1.807, 2.05) is 0 Å². The van der Waals surface area contributed by atoms with Crippen molar-refractivity contribution < 1.29 is 0 Å². The highest BCUT2D eigenvalue weighted by Gasteiger charge is 2.05. The number of rotatable bonds is 5. The molecule has 5 nitrogen and oxygen atoms in total. The molecule has 1 heterocycles. The molecule has 1 aromatic rings. The number of anilines is 3. The molecule has 0 spiro atoms. The number of nitrogens with zero attached hydrogens (tertiary/aromatic N) is 2. The molecule has 0 bridgehead atoms. The smallest absolute Gasteiger partial charge is 0.154 e. The first-order chi connectivity index (χ1) is 7.15. The lowest BCUT2D eigenvalue weighted by molar-refractivity contribution is 0.606. The topological polar surface area (TPSA) is 75.9 Å². The fourth-order valence-electron chi connectivity index (χ4n) is 1.21. The summed E-state index contributed by atoms with van der Waals surface area (Å²) in [6.07, 6.45) is 2.60. The lowest BCUT2D eigenvalue weighted by atomic mass is 10.1. The van der Waals surface area contributed by atoms with Crippen molar-refractivity contribution in [2.45, 2.75) is 20.3 Å². The summed E-state index contributed by atoms with van der Waals surface area (Å²) in [5, 5.41) is 6.12. The number of aromatic nitrogens is 2. The van der Waals surface area contributed by atoms with Gasteiger partial charge in [-0.15, -0.1) is 0 Å². The summed E-state index contributed by atoms with van der Waals surface area (Å²) in [5.74, 6) is 2.04. The molecule has 0 fully saturated rings. The molecule has 0 radical (unpaired) electrons. The summed E-state index contributed by atoms with van der Waals surface area (Å²) in [6, 6.07) is 0. The van der Waals surface area contributed by atoms with Gasteiger partial charge in [0.2, 0.25) is 0 Å². The Morgan fingerprint density at radius 2 is 2.00 bits per heavy atom. The Balaban J connectivity index is 2.61. The highest BCUT2D eigenvalue weighted by Crippen LogP contribution is 2.21. The average Bonchev–Trinajstić information content (AvgIpc) is 2.20. The van der Waals surface area contributed by atoms with Crippen LogP contribution in [0.3, 0.4) is 0 Å². The van der Waals surface area contributed by atoms with Gasteiger partial charge in [0.15, 0.2) is 11.6 Å². The quantitative estimate of drug-likeness (QED) is 0.686. The number of hydrogen-bond donors (Lipinski definition) is 3. The predicted molar refractivity (Wildman–Crippen MR) is 63.9 cm³/mol. The first-order valence-electron chi connectivity index (χ1n) is 5.17. The van der Waals surface area contributed by atoms with E-state index in [4.69, 9.17) is 5.73 Å². The lowest BCUT2D eigenvalue weighted by Gasteiger charge is -2.11. The first kappa shape index (κ1) is 11.6. The second-order valence-electron chi connectivity index (χ2n) is 3.84. The molecule has 84 valence electrons. The Hall–Kier alpha value is -1.52. The molecule has 4 N–H and O–H groups in total. The average molecular weight is 209 g/mol. The number of hydrogen-bond acceptors (Lipinski definition) is 5. The molecule has 0 aliphatic rings. The molecule has 0 aromatic carbocycles. The van der Waals surface area contributed by atoms with E-state index < -0.39 is 0 Å². The van der Waals surface area contributed by atoms with Crippen molar-refractivity contribution in [1.29, 1.82) is 0 Å². The van der Waals surface area contributed by atoms with Crippen LogP contribution in [0.5, 0.6) is 0 Å². The van der Waals surface area contributed by atoms with Crippen molar-refractivity contribution in [3.8, 4) is 0 Å². The summed E-state index contributed by atoms with van der Waals surface area (Å²) < 4.78 is 0. The summed E-state index contributed by atoms with van der Waals surface area (Å²) >= 11 is 0. The van der Waals surface area contributed by atoms with Gasteiger partial charge >= 0.3 is 0 Å². The number of nitrogens with one attached hydrogen (secondary N) is 2.